The Bertz CT molecular complexity index is 283. The molecular formula is C9H16N4O. The molecule has 0 unspecified atom stereocenters. The van der Waals surface area contributed by atoms with E-state index < -0.39 is 6.04 Å². The summed E-state index contributed by atoms with van der Waals surface area (Å²) in [6.45, 7) is 3.96. The minimum Gasteiger partial charge on any atom is -0.320 e. The van der Waals surface area contributed by atoms with Crippen LogP contribution in [0, 0.1) is 5.92 Å². The molecule has 14 heavy (non-hydrogen) atoms. The molecule has 1 heterocycles. The summed E-state index contributed by atoms with van der Waals surface area (Å²) in [6.07, 6.45) is 2.46. The van der Waals surface area contributed by atoms with Crippen LogP contribution in [0.4, 0.5) is 5.82 Å². The van der Waals surface area contributed by atoms with E-state index in [1.807, 2.05) is 13.8 Å². The average Bonchev–Trinajstić information content (AvgIpc) is 2.68. The van der Waals surface area contributed by atoms with E-state index in [9.17, 15) is 4.79 Å². The molecule has 4 N–H and O–H groups in total. The molecule has 0 spiro atoms. The van der Waals surface area contributed by atoms with Gasteiger partial charge in [0, 0.05) is 6.07 Å². The van der Waals surface area contributed by atoms with E-state index in [4.69, 9.17) is 5.73 Å². The number of aromatic amines is 1. The number of aromatic nitrogens is 2. The first-order valence-corrected chi connectivity index (χ1v) is 4.71. The number of rotatable bonds is 4. The maximum atomic E-state index is 11.5. The van der Waals surface area contributed by atoms with Crippen LogP contribution in [0.3, 0.4) is 0 Å². The van der Waals surface area contributed by atoms with Crippen molar-refractivity contribution in [2.24, 2.45) is 11.7 Å². The Morgan fingerprint density at radius 2 is 2.50 bits per heavy atom. The second-order valence-corrected chi connectivity index (χ2v) is 3.37. The topological polar surface area (TPSA) is 83.8 Å². The summed E-state index contributed by atoms with van der Waals surface area (Å²) in [5, 5.41) is 9.02. The average molecular weight is 196 g/mol. The Morgan fingerprint density at radius 3 is 3.00 bits per heavy atom. The number of hydrogen-bond acceptors (Lipinski definition) is 3. The molecule has 78 valence electrons. The summed E-state index contributed by atoms with van der Waals surface area (Å²) in [6, 6.07) is 1.21. The van der Waals surface area contributed by atoms with Gasteiger partial charge in [-0.1, -0.05) is 20.3 Å². The molecule has 2 atom stereocenters. The third-order valence-electron chi connectivity index (χ3n) is 2.32. The quantitative estimate of drug-likeness (QED) is 0.663. The molecule has 1 aromatic rings. The second kappa shape index (κ2) is 4.76. The van der Waals surface area contributed by atoms with Gasteiger partial charge in [0.05, 0.1) is 12.2 Å². The molecule has 0 saturated carbocycles. The van der Waals surface area contributed by atoms with Crippen LogP contribution in [-0.4, -0.2) is 22.1 Å². The Labute approximate surface area is 83.1 Å². The zero-order valence-electron chi connectivity index (χ0n) is 8.45. The van der Waals surface area contributed by atoms with Crippen LogP contribution in [0.15, 0.2) is 12.3 Å². The number of nitrogens with one attached hydrogen (secondary N) is 2. The SMILES string of the molecule is CC[C@H](C)[C@H](N)C(=O)Nc1ccn[nH]1. The van der Waals surface area contributed by atoms with Crippen LogP contribution in [0.5, 0.6) is 0 Å². The van der Waals surface area contributed by atoms with E-state index in [2.05, 4.69) is 15.5 Å². The van der Waals surface area contributed by atoms with E-state index in [0.29, 0.717) is 5.82 Å². The molecular weight excluding hydrogens is 180 g/mol. The van der Waals surface area contributed by atoms with Crippen molar-refractivity contribution in [1.29, 1.82) is 0 Å². The second-order valence-electron chi connectivity index (χ2n) is 3.37. The molecule has 0 aliphatic rings. The van der Waals surface area contributed by atoms with Crippen molar-refractivity contribution in [3.63, 3.8) is 0 Å². The number of nitrogens with zero attached hydrogens (tertiary/aromatic N) is 1. The fourth-order valence-electron chi connectivity index (χ4n) is 1.05. The number of hydrogen-bond donors (Lipinski definition) is 3. The normalized spacial score (nSPS) is 14.8. The van der Waals surface area contributed by atoms with Gasteiger partial charge in [-0.15, -0.1) is 0 Å². The zero-order valence-corrected chi connectivity index (χ0v) is 8.45. The molecule has 1 aromatic heterocycles. The number of anilines is 1. The van der Waals surface area contributed by atoms with Crippen molar-refractivity contribution in [3.8, 4) is 0 Å². The monoisotopic (exact) mass is 196 g/mol. The number of amides is 1. The van der Waals surface area contributed by atoms with Crippen molar-refractivity contribution in [1.82, 2.24) is 10.2 Å². The zero-order chi connectivity index (χ0) is 10.6. The van der Waals surface area contributed by atoms with Crippen LogP contribution in [0.1, 0.15) is 20.3 Å². The molecule has 1 amide bonds. The summed E-state index contributed by atoms with van der Waals surface area (Å²) in [7, 11) is 0. The van der Waals surface area contributed by atoms with Gasteiger partial charge < -0.3 is 11.1 Å². The fourth-order valence-corrected chi connectivity index (χ4v) is 1.05. The van der Waals surface area contributed by atoms with Gasteiger partial charge in [-0.05, 0) is 5.92 Å². The molecule has 0 aliphatic carbocycles. The highest BCUT2D eigenvalue weighted by molar-refractivity contribution is 5.93. The van der Waals surface area contributed by atoms with E-state index in [-0.39, 0.29) is 11.8 Å². The maximum Gasteiger partial charge on any atom is 0.242 e. The molecule has 0 aromatic carbocycles. The lowest BCUT2D eigenvalue weighted by molar-refractivity contribution is -0.118. The standard InChI is InChI=1S/C9H16N4O/c1-3-6(2)8(10)9(14)12-7-4-5-11-13-7/h4-6,8H,3,10H2,1-2H3,(H2,11,12,13,14)/t6-,8-/m0/s1. The van der Waals surface area contributed by atoms with Gasteiger partial charge in [-0.2, -0.15) is 5.10 Å². The Morgan fingerprint density at radius 1 is 1.79 bits per heavy atom. The third kappa shape index (κ3) is 2.56. The predicted molar refractivity (Wildman–Crippen MR) is 54.6 cm³/mol. The van der Waals surface area contributed by atoms with Gasteiger partial charge in [0.25, 0.3) is 0 Å². The fraction of sp³-hybridized carbons (Fsp3) is 0.556. The first-order chi connectivity index (χ1) is 6.65. The molecule has 0 aliphatic heterocycles. The minimum absolute atomic E-state index is 0.177. The smallest absolute Gasteiger partial charge is 0.242 e. The molecule has 0 saturated heterocycles. The first-order valence-electron chi connectivity index (χ1n) is 4.71. The Hall–Kier alpha value is -1.36. The van der Waals surface area contributed by atoms with Crippen molar-refractivity contribution in [2.75, 3.05) is 5.32 Å². The highest BCUT2D eigenvalue weighted by Gasteiger charge is 2.19. The number of H-pyrrole nitrogens is 1. The largest absolute Gasteiger partial charge is 0.320 e. The van der Waals surface area contributed by atoms with Crippen LogP contribution >= 0.6 is 0 Å². The van der Waals surface area contributed by atoms with Gasteiger partial charge in [0.2, 0.25) is 5.91 Å². The van der Waals surface area contributed by atoms with Crippen molar-refractivity contribution in [3.05, 3.63) is 12.3 Å². The molecule has 0 bridgehead atoms. The van der Waals surface area contributed by atoms with Crippen molar-refractivity contribution < 1.29 is 4.79 Å². The molecule has 0 fully saturated rings. The lowest BCUT2D eigenvalue weighted by atomic mass is 9.99. The van der Waals surface area contributed by atoms with E-state index in [0.717, 1.165) is 6.42 Å². The van der Waals surface area contributed by atoms with Crippen LogP contribution in [0.2, 0.25) is 0 Å². The Kier molecular flexibility index (Phi) is 3.64. The third-order valence-corrected chi connectivity index (χ3v) is 2.32. The van der Waals surface area contributed by atoms with Crippen molar-refractivity contribution in [2.45, 2.75) is 26.3 Å². The number of carbonyl (C=O) groups excluding carboxylic acids is 1. The summed E-state index contributed by atoms with van der Waals surface area (Å²) >= 11 is 0. The van der Waals surface area contributed by atoms with E-state index in [1.54, 1.807) is 12.3 Å². The number of carbonyl (C=O) groups is 1. The molecule has 5 heteroatoms. The van der Waals surface area contributed by atoms with E-state index in [1.165, 1.54) is 0 Å². The van der Waals surface area contributed by atoms with Gasteiger partial charge in [-0.3, -0.25) is 9.89 Å². The summed E-state index contributed by atoms with van der Waals surface area (Å²) in [5.74, 6) is 0.579. The van der Waals surface area contributed by atoms with Gasteiger partial charge in [-0.25, -0.2) is 0 Å². The van der Waals surface area contributed by atoms with Gasteiger partial charge >= 0.3 is 0 Å². The number of nitrogens with two attached hydrogens (primary N) is 1. The predicted octanol–water partition coefficient (Wildman–Crippen LogP) is 0.722. The molecule has 5 nitrogen and oxygen atoms in total. The summed E-state index contributed by atoms with van der Waals surface area (Å²) < 4.78 is 0. The van der Waals surface area contributed by atoms with Gasteiger partial charge in [0.1, 0.15) is 5.82 Å². The summed E-state index contributed by atoms with van der Waals surface area (Å²) in [5.41, 5.74) is 5.74. The maximum absolute atomic E-state index is 11.5. The minimum atomic E-state index is -0.469. The molecule has 0 radical (unpaired) electrons. The highest BCUT2D eigenvalue weighted by Crippen LogP contribution is 2.07. The molecule has 1 rings (SSSR count). The lowest BCUT2D eigenvalue weighted by Crippen LogP contribution is -2.40. The van der Waals surface area contributed by atoms with Gasteiger partial charge in [0.15, 0.2) is 0 Å². The van der Waals surface area contributed by atoms with E-state index >= 15 is 0 Å². The first kappa shape index (κ1) is 10.7. The Balaban J connectivity index is 2.50. The lowest BCUT2D eigenvalue weighted by Gasteiger charge is -2.16. The van der Waals surface area contributed by atoms with Crippen LogP contribution in [-0.2, 0) is 4.79 Å². The summed E-state index contributed by atoms with van der Waals surface area (Å²) in [4.78, 5) is 11.5. The highest BCUT2D eigenvalue weighted by atomic mass is 16.2. The van der Waals surface area contributed by atoms with Crippen LogP contribution < -0.4 is 11.1 Å². The van der Waals surface area contributed by atoms with Crippen LogP contribution in [0.25, 0.3) is 0 Å². The van der Waals surface area contributed by atoms with Crippen molar-refractivity contribution >= 4 is 11.7 Å².